The summed E-state index contributed by atoms with van der Waals surface area (Å²) in [4.78, 5) is 0.989. The van der Waals surface area contributed by atoms with E-state index in [-0.39, 0.29) is 0 Å². The van der Waals surface area contributed by atoms with Crippen molar-refractivity contribution >= 4 is 23.0 Å². The van der Waals surface area contributed by atoms with Crippen LogP contribution >= 0.6 is 11.3 Å². The number of hydrogen-bond acceptors (Lipinski definition) is 3. The number of benzene rings is 1. The van der Waals surface area contributed by atoms with E-state index in [1.807, 2.05) is 47.9 Å². The van der Waals surface area contributed by atoms with Gasteiger partial charge < -0.3 is 4.74 Å². The van der Waals surface area contributed by atoms with E-state index in [4.69, 9.17) is 10.00 Å². The summed E-state index contributed by atoms with van der Waals surface area (Å²) in [6.45, 7) is 0. The van der Waals surface area contributed by atoms with Gasteiger partial charge >= 0.3 is 0 Å². The Hall–Kier alpha value is -2.05. The molecular weight excluding hydrogens is 230 g/mol. The van der Waals surface area contributed by atoms with Gasteiger partial charge in [0.25, 0.3) is 0 Å². The number of rotatable bonds is 3. The average molecular weight is 241 g/mol. The van der Waals surface area contributed by atoms with E-state index in [9.17, 15) is 0 Å². The van der Waals surface area contributed by atoms with Crippen LogP contribution in [0.4, 0.5) is 0 Å². The maximum absolute atomic E-state index is 9.12. The zero-order valence-corrected chi connectivity index (χ0v) is 10.2. The van der Waals surface area contributed by atoms with Crippen molar-refractivity contribution in [2.45, 2.75) is 0 Å². The molecule has 0 atom stereocenters. The van der Waals surface area contributed by atoms with E-state index < -0.39 is 0 Å². The Balaban J connectivity index is 2.31. The highest BCUT2D eigenvalue weighted by Crippen LogP contribution is 2.22. The lowest BCUT2D eigenvalue weighted by Crippen LogP contribution is -1.82. The highest BCUT2D eigenvalue weighted by Gasteiger charge is 2.01. The quantitative estimate of drug-likeness (QED) is 0.765. The molecule has 1 aromatic carbocycles. The van der Waals surface area contributed by atoms with Crippen molar-refractivity contribution < 1.29 is 4.74 Å². The molecule has 0 radical (unpaired) electrons. The van der Waals surface area contributed by atoms with Crippen LogP contribution < -0.4 is 4.74 Å². The molecule has 0 saturated heterocycles. The van der Waals surface area contributed by atoms with E-state index >= 15 is 0 Å². The molecule has 0 aliphatic rings. The Morgan fingerprint density at radius 3 is 2.59 bits per heavy atom. The lowest BCUT2D eigenvalue weighted by atomic mass is 10.1. The van der Waals surface area contributed by atoms with Gasteiger partial charge in [-0.2, -0.15) is 5.26 Å². The second-order valence-electron chi connectivity index (χ2n) is 3.42. The summed E-state index contributed by atoms with van der Waals surface area (Å²) in [6.07, 6.45) is 1.88. The van der Waals surface area contributed by atoms with Gasteiger partial charge in [-0.05, 0) is 35.2 Å². The Bertz CT molecular complexity index is 547. The third-order valence-corrected chi connectivity index (χ3v) is 3.24. The van der Waals surface area contributed by atoms with E-state index in [0.29, 0.717) is 5.57 Å². The largest absolute Gasteiger partial charge is 0.497 e. The third kappa shape index (κ3) is 2.74. The fourth-order valence-electron chi connectivity index (χ4n) is 1.46. The van der Waals surface area contributed by atoms with Gasteiger partial charge in [0.1, 0.15) is 11.8 Å². The summed E-state index contributed by atoms with van der Waals surface area (Å²) in [5.41, 5.74) is 1.68. The maximum Gasteiger partial charge on any atom is 0.118 e. The highest BCUT2D eigenvalue weighted by molar-refractivity contribution is 7.11. The normalized spacial score (nSPS) is 10.9. The molecule has 0 N–H and O–H groups in total. The smallest absolute Gasteiger partial charge is 0.118 e. The molecule has 0 amide bonds. The molecule has 2 aromatic rings. The Labute approximate surface area is 104 Å². The molecule has 84 valence electrons. The van der Waals surface area contributed by atoms with Crippen LogP contribution in [0.15, 0.2) is 41.8 Å². The molecule has 0 unspecified atom stereocenters. The fraction of sp³-hybridized carbons (Fsp3) is 0.0714. The molecule has 0 saturated carbocycles. The molecular formula is C14H11NOS. The van der Waals surface area contributed by atoms with Crippen molar-refractivity contribution in [3.05, 3.63) is 52.2 Å². The van der Waals surface area contributed by atoms with Crippen LogP contribution in [0.5, 0.6) is 5.75 Å². The summed E-state index contributed by atoms with van der Waals surface area (Å²) in [5.74, 6) is 0.816. The molecule has 3 heteroatoms. The minimum absolute atomic E-state index is 0.685. The minimum atomic E-state index is 0.685. The highest BCUT2D eigenvalue weighted by atomic mass is 32.1. The molecule has 2 nitrogen and oxygen atoms in total. The number of thiophene rings is 1. The Morgan fingerprint density at radius 1 is 1.29 bits per heavy atom. The first-order chi connectivity index (χ1) is 8.33. The van der Waals surface area contributed by atoms with Gasteiger partial charge in [0, 0.05) is 4.88 Å². The number of nitriles is 1. The first-order valence-corrected chi connectivity index (χ1v) is 6.01. The molecule has 0 aliphatic heterocycles. The SMILES string of the molecule is COc1ccc(/C=C(\C#N)c2cccs2)cc1. The van der Waals surface area contributed by atoms with Crippen LogP contribution in [0.3, 0.4) is 0 Å². The van der Waals surface area contributed by atoms with Gasteiger partial charge in [-0.1, -0.05) is 18.2 Å². The molecule has 1 heterocycles. The van der Waals surface area contributed by atoms with Gasteiger partial charge in [0.2, 0.25) is 0 Å². The first-order valence-electron chi connectivity index (χ1n) is 5.13. The van der Waals surface area contributed by atoms with Crippen LogP contribution in [-0.2, 0) is 0 Å². The van der Waals surface area contributed by atoms with Crippen LogP contribution in [0.25, 0.3) is 11.6 Å². The molecule has 0 bridgehead atoms. The van der Waals surface area contributed by atoms with Crippen molar-refractivity contribution in [3.8, 4) is 11.8 Å². The van der Waals surface area contributed by atoms with Gasteiger partial charge in [-0.25, -0.2) is 0 Å². The molecule has 17 heavy (non-hydrogen) atoms. The van der Waals surface area contributed by atoms with Gasteiger partial charge in [-0.3, -0.25) is 0 Å². The van der Waals surface area contributed by atoms with Crippen molar-refractivity contribution in [1.82, 2.24) is 0 Å². The monoisotopic (exact) mass is 241 g/mol. The summed E-state index contributed by atoms with van der Waals surface area (Å²) in [5, 5.41) is 11.1. The lowest BCUT2D eigenvalue weighted by molar-refractivity contribution is 0.415. The number of nitrogens with zero attached hydrogens (tertiary/aromatic N) is 1. The zero-order chi connectivity index (χ0) is 12.1. The molecule has 0 spiro atoms. The average Bonchev–Trinajstić information content (AvgIpc) is 2.90. The van der Waals surface area contributed by atoms with Crippen molar-refractivity contribution in [3.63, 3.8) is 0 Å². The standard InChI is InChI=1S/C14H11NOS/c1-16-13-6-4-11(5-7-13)9-12(10-15)14-3-2-8-17-14/h2-9H,1H3/b12-9+. The van der Waals surface area contributed by atoms with Crippen LogP contribution in [-0.4, -0.2) is 7.11 Å². The summed E-state index contributed by atoms with van der Waals surface area (Å²) < 4.78 is 5.09. The Morgan fingerprint density at radius 2 is 2.06 bits per heavy atom. The number of hydrogen-bond donors (Lipinski definition) is 0. The zero-order valence-electron chi connectivity index (χ0n) is 9.38. The summed E-state index contributed by atoms with van der Waals surface area (Å²) in [6, 6.07) is 13.8. The predicted molar refractivity (Wildman–Crippen MR) is 70.8 cm³/mol. The van der Waals surface area contributed by atoms with Gasteiger partial charge in [0.15, 0.2) is 0 Å². The van der Waals surface area contributed by atoms with Crippen LogP contribution in [0.2, 0.25) is 0 Å². The first kappa shape index (κ1) is 11.4. The third-order valence-electron chi connectivity index (χ3n) is 2.33. The molecule has 2 rings (SSSR count). The van der Waals surface area contributed by atoms with E-state index in [2.05, 4.69) is 6.07 Å². The van der Waals surface area contributed by atoms with Crippen LogP contribution in [0, 0.1) is 11.3 Å². The number of methoxy groups -OCH3 is 1. The van der Waals surface area contributed by atoms with Crippen molar-refractivity contribution in [2.24, 2.45) is 0 Å². The molecule has 1 aromatic heterocycles. The molecule has 0 fully saturated rings. The minimum Gasteiger partial charge on any atom is -0.497 e. The van der Waals surface area contributed by atoms with E-state index in [1.54, 1.807) is 18.4 Å². The second kappa shape index (κ2) is 5.33. The fourth-order valence-corrected chi connectivity index (χ4v) is 2.15. The van der Waals surface area contributed by atoms with E-state index in [1.165, 1.54) is 0 Å². The summed E-state index contributed by atoms with van der Waals surface area (Å²) >= 11 is 1.57. The van der Waals surface area contributed by atoms with E-state index in [0.717, 1.165) is 16.2 Å². The van der Waals surface area contributed by atoms with Gasteiger partial charge in [0.05, 0.1) is 12.7 Å². The maximum atomic E-state index is 9.12. The van der Waals surface area contributed by atoms with Crippen molar-refractivity contribution in [1.29, 1.82) is 5.26 Å². The lowest BCUT2D eigenvalue weighted by Gasteiger charge is -2.00. The predicted octanol–water partition coefficient (Wildman–Crippen LogP) is 3.82. The van der Waals surface area contributed by atoms with Crippen LogP contribution in [0.1, 0.15) is 10.4 Å². The number of allylic oxidation sites excluding steroid dienone is 1. The number of ether oxygens (including phenoxy) is 1. The topological polar surface area (TPSA) is 33.0 Å². The van der Waals surface area contributed by atoms with Crippen molar-refractivity contribution in [2.75, 3.05) is 7.11 Å². The Kier molecular flexibility index (Phi) is 3.59. The second-order valence-corrected chi connectivity index (χ2v) is 4.37. The van der Waals surface area contributed by atoms with Gasteiger partial charge in [-0.15, -0.1) is 11.3 Å². The summed E-state index contributed by atoms with van der Waals surface area (Å²) in [7, 11) is 1.64. The molecule has 0 aliphatic carbocycles.